The Balaban J connectivity index is 0.00000312. The van der Waals surface area contributed by atoms with Crippen LogP contribution in [0.25, 0.3) is 0 Å². The highest BCUT2D eigenvalue weighted by molar-refractivity contribution is 5.85. The molecule has 1 amide bonds. The number of halogens is 1. The van der Waals surface area contributed by atoms with Gasteiger partial charge in [0.25, 0.3) is 5.91 Å². The molecule has 0 bridgehead atoms. The molecule has 0 spiro atoms. The van der Waals surface area contributed by atoms with E-state index in [0.717, 1.165) is 17.7 Å². The number of carbonyl (C=O) groups excluding carboxylic acids is 1. The van der Waals surface area contributed by atoms with Crippen molar-refractivity contribution < 1.29 is 9.53 Å². The van der Waals surface area contributed by atoms with Crippen molar-refractivity contribution in [3.63, 3.8) is 0 Å². The largest absolute Gasteiger partial charge is 0.481 e. The maximum Gasteiger partial charge on any atom is 0.263 e. The second-order valence-corrected chi connectivity index (χ2v) is 8.08. The molecule has 1 heterocycles. The Morgan fingerprint density at radius 1 is 1.32 bits per heavy atom. The van der Waals surface area contributed by atoms with E-state index < -0.39 is 6.10 Å². The molecule has 1 aromatic carbocycles. The predicted octanol–water partition coefficient (Wildman–Crippen LogP) is 3.89. The zero-order valence-electron chi connectivity index (χ0n) is 16.3. The van der Waals surface area contributed by atoms with Crippen LogP contribution in [-0.4, -0.2) is 36.0 Å². The van der Waals surface area contributed by atoms with Crippen LogP contribution in [0.4, 0.5) is 0 Å². The van der Waals surface area contributed by atoms with E-state index in [1.54, 1.807) is 0 Å². The third-order valence-electron chi connectivity index (χ3n) is 5.15. The van der Waals surface area contributed by atoms with E-state index in [9.17, 15) is 4.79 Å². The van der Waals surface area contributed by atoms with Crippen LogP contribution in [-0.2, 0) is 4.79 Å². The van der Waals surface area contributed by atoms with Crippen LogP contribution < -0.4 is 10.5 Å². The van der Waals surface area contributed by atoms with Crippen LogP contribution in [0.3, 0.4) is 0 Å². The number of carbonyl (C=O) groups is 1. The fourth-order valence-electron chi connectivity index (χ4n) is 3.16. The normalized spacial score (nSPS) is 20.8. The second-order valence-electron chi connectivity index (χ2n) is 8.08. The summed E-state index contributed by atoms with van der Waals surface area (Å²) in [6.45, 7) is 13.8. The number of hydrogen-bond acceptors (Lipinski definition) is 3. The number of nitrogens with two attached hydrogens (primary N) is 1. The van der Waals surface area contributed by atoms with Crippen molar-refractivity contribution in [3.8, 4) is 5.75 Å². The van der Waals surface area contributed by atoms with Gasteiger partial charge in [-0.15, -0.1) is 12.4 Å². The van der Waals surface area contributed by atoms with E-state index in [2.05, 4.69) is 45.9 Å². The Kier molecular flexibility index (Phi) is 7.33. The Hall–Kier alpha value is -1.26. The minimum Gasteiger partial charge on any atom is -0.481 e. The van der Waals surface area contributed by atoms with Crippen LogP contribution in [0.15, 0.2) is 18.2 Å². The van der Waals surface area contributed by atoms with E-state index in [0.29, 0.717) is 19.0 Å². The maximum absolute atomic E-state index is 12.8. The van der Waals surface area contributed by atoms with Crippen LogP contribution in [0.2, 0.25) is 0 Å². The minimum atomic E-state index is -0.490. The number of benzene rings is 1. The molecule has 2 unspecified atom stereocenters. The van der Waals surface area contributed by atoms with Gasteiger partial charge < -0.3 is 15.4 Å². The molecule has 1 aliphatic rings. The van der Waals surface area contributed by atoms with E-state index in [1.807, 2.05) is 18.7 Å². The zero-order valence-corrected chi connectivity index (χ0v) is 17.2. The summed E-state index contributed by atoms with van der Waals surface area (Å²) in [6, 6.07) is 6.38. The predicted molar refractivity (Wildman–Crippen MR) is 106 cm³/mol. The summed E-state index contributed by atoms with van der Waals surface area (Å²) in [5, 5.41) is 0. The highest BCUT2D eigenvalue weighted by atomic mass is 35.5. The number of hydrogen-bond donors (Lipinski definition) is 1. The fraction of sp³-hybridized carbons (Fsp3) is 0.650. The second kappa shape index (κ2) is 8.41. The van der Waals surface area contributed by atoms with Crippen LogP contribution in [0, 0.1) is 12.3 Å². The first-order valence-corrected chi connectivity index (χ1v) is 8.93. The van der Waals surface area contributed by atoms with Crippen molar-refractivity contribution in [2.75, 3.05) is 13.1 Å². The highest BCUT2D eigenvalue weighted by Crippen LogP contribution is 2.29. The number of aryl methyl sites for hydroxylation is 1. The number of piperidine rings is 1. The lowest BCUT2D eigenvalue weighted by Crippen LogP contribution is -2.56. The monoisotopic (exact) mass is 368 g/mol. The molecule has 0 aromatic heterocycles. The van der Waals surface area contributed by atoms with Crippen LogP contribution in [0.1, 0.15) is 58.1 Å². The van der Waals surface area contributed by atoms with Crippen molar-refractivity contribution in [2.45, 2.75) is 66.0 Å². The lowest BCUT2D eigenvalue weighted by Gasteiger charge is -2.43. The van der Waals surface area contributed by atoms with Gasteiger partial charge in [0.15, 0.2) is 6.10 Å². The molecular formula is C20H33ClN2O2. The van der Waals surface area contributed by atoms with E-state index in [1.165, 1.54) is 5.56 Å². The molecule has 2 N–H and O–H groups in total. The van der Waals surface area contributed by atoms with Gasteiger partial charge in [0.2, 0.25) is 0 Å². The molecule has 1 saturated heterocycles. The third-order valence-corrected chi connectivity index (χ3v) is 5.15. The van der Waals surface area contributed by atoms with Gasteiger partial charge in [-0.2, -0.15) is 0 Å². The Morgan fingerprint density at radius 3 is 2.52 bits per heavy atom. The van der Waals surface area contributed by atoms with Gasteiger partial charge in [0.1, 0.15) is 5.75 Å². The quantitative estimate of drug-likeness (QED) is 0.876. The van der Waals surface area contributed by atoms with Gasteiger partial charge in [0.05, 0.1) is 0 Å². The first-order valence-electron chi connectivity index (χ1n) is 8.93. The molecule has 1 aliphatic heterocycles. The number of amides is 1. The third kappa shape index (κ3) is 5.11. The summed E-state index contributed by atoms with van der Waals surface area (Å²) in [4.78, 5) is 14.7. The minimum absolute atomic E-state index is 0. The molecular weight excluding hydrogens is 336 g/mol. The van der Waals surface area contributed by atoms with E-state index in [-0.39, 0.29) is 29.8 Å². The first-order chi connectivity index (χ1) is 11.1. The number of ether oxygens (including phenoxy) is 1. The maximum atomic E-state index is 12.8. The van der Waals surface area contributed by atoms with Gasteiger partial charge in [-0.05, 0) is 48.8 Å². The Labute approximate surface area is 158 Å². The standard InChI is InChI=1S/C20H32N2O2.ClH/c1-13(2)16-8-7-14(3)17(11-16)24-15(4)19(23)22-10-9-18(21)20(5,6)12-22;/h7-8,11,13,15,18H,9-10,12,21H2,1-6H3;1H. The van der Waals surface area contributed by atoms with E-state index in [4.69, 9.17) is 10.5 Å². The lowest BCUT2D eigenvalue weighted by molar-refractivity contribution is -0.141. The summed E-state index contributed by atoms with van der Waals surface area (Å²) in [5.74, 6) is 1.28. The summed E-state index contributed by atoms with van der Waals surface area (Å²) in [7, 11) is 0. The number of rotatable bonds is 4. The molecule has 1 fully saturated rings. The van der Waals surface area contributed by atoms with Crippen LogP contribution in [0.5, 0.6) is 5.75 Å². The number of likely N-dealkylation sites (tertiary alicyclic amines) is 1. The van der Waals surface area contributed by atoms with Gasteiger partial charge in [0, 0.05) is 19.1 Å². The molecule has 142 valence electrons. The van der Waals surface area contributed by atoms with Gasteiger partial charge in [-0.25, -0.2) is 0 Å². The molecule has 1 aromatic rings. The topological polar surface area (TPSA) is 55.6 Å². The molecule has 5 heteroatoms. The summed E-state index contributed by atoms with van der Waals surface area (Å²) in [6.07, 6.45) is 0.351. The van der Waals surface area contributed by atoms with E-state index >= 15 is 0 Å². The lowest BCUT2D eigenvalue weighted by atomic mass is 9.79. The Bertz CT molecular complexity index is 601. The smallest absolute Gasteiger partial charge is 0.263 e. The van der Waals surface area contributed by atoms with Crippen molar-refractivity contribution in [1.29, 1.82) is 0 Å². The van der Waals surface area contributed by atoms with Crippen molar-refractivity contribution >= 4 is 18.3 Å². The van der Waals surface area contributed by atoms with Gasteiger partial charge >= 0.3 is 0 Å². The molecule has 0 radical (unpaired) electrons. The molecule has 25 heavy (non-hydrogen) atoms. The fourth-order valence-corrected chi connectivity index (χ4v) is 3.16. The summed E-state index contributed by atoms with van der Waals surface area (Å²) in [5.41, 5.74) is 8.39. The molecule has 0 saturated carbocycles. The summed E-state index contributed by atoms with van der Waals surface area (Å²) < 4.78 is 6.02. The van der Waals surface area contributed by atoms with Gasteiger partial charge in [-0.1, -0.05) is 39.8 Å². The summed E-state index contributed by atoms with van der Waals surface area (Å²) >= 11 is 0. The molecule has 2 rings (SSSR count). The van der Waals surface area contributed by atoms with Gasteiger partial charge in [-0.3, -0.25) is 4.79 Å². The molecule has 4 nitrogen and oxygen atoms in total. The Morgan fingerprint density at radius 2 is 1.96 bits per heavy atom. The van der Waals surface area contributed by atoms with Crippen molar-refractivity contribution in [2.24, 2.45) is 11.1 Å². The van der Waals surface area contributed by atoms with Crippen molar-refractivity contribution in [3.05, 3.63) is 29.3 Å². The highest BCUT2D eigenvalue weighted by Gasteiger charge is 2.36. The molecule has 0 aliphatic carbocycles. The SMILES string of the molecule is Cc1ccc(C(C)C)cc1OC(C)C(=O)N1CCC(N)C(C)(C)C1.Cl. The zero-order chi connectivity index (χ0) is 18.1. The number of nitrogens with zero attached hydrogens (tertiary/aromatic N) is 1. The average Bonchev–Trinajstić information content (AvgIpc) is 2.51. The van der Waals surface area contributed by atoms with Crippen LogP contribution >= 0.6 is 12.4 Å². The first kappa shape index (κ1) is 21.8. The average molecular weight is 369 g/mol. The van der Waals surface area contributed by atoms with Crippen molar-refractivity contribution in [1.82, 2.24) is 4.90 Å². The molecule has 2 atom stereocenters.